The van der Waals surface area contributed by atoms with Crippen LogP contribution in [0.3, 0.4) is 0 Å². The zero-order valence-electron chi connectivity index (χ0n) is 6.94. The Hall–Kier alpha value is -0.460. The molecule has 0 unspecified atom stereocenters. The van der Waals surface area contributed by atoms with Gasteiger partial charge in [-0.2, -0.15) is 0 Å². The molecule has 0 N–H and O–H groups in total. The summed E-state index contributed by atoms with van der Waals surface area (Å²) in [6, 6.07) is 0. The van der Waals surface area contributed by atoms with Gasteiger partial charge in [-0.15, -0.1) is 0 Å². The van der Waals surface area contributed by atoms with Gasteiger partial charge in [-0.1, -0.05) is 13.5 Å². The van der Waals surface area contributed by atoms with Crippen molar-refractivity contribution in [2.75, 3.05) is 6.61 Å². The first-order valence-electron chi connectivity index (χ1n) is 3.97. The SMILES string of the molecule is C=C(C)OCC1(CC)CC1. The molecule has 0 aromatic heterocycles. The zero-order valence-corrected chi connectivity index (χ0v) is 6.94. The van der Waals surface area contributed by atoms with Crippen molar-refractivity contribution in [2.45, 2.75) is 33.1 Å². The van der Waals surface area contributed by atoms with Crippen molar-refractivity contribution in [1.82, 2.24) is 0 Å². The number of hydrogen-bond acceptors (Lipinski definition) is 1. The van der Waals surface area contributed by atoms with Gasteiger partial charge in [0.05, 0.1) is 12.4 Å². The number of rotatable bonds is 4. The summed E-state index contributed by atoms with van der Waals surface area (Å²) in [6.07, 6.45) is 3.94. The molecule has 0 aromatic rings. The molecule has 10 heavy (non-hydrogen) atoms. The Kier molecular flexibility index (Phi) is 2.02. The fraction of sp³-hybridized carbons (Fsp3) is 0.778. The Balaban J connectivity index is 2.19. The van der Waals surface area contributed by atoms with Gasteiger partial charge in [-0.3, -0.25) is 0 Å². The largest absolute Gasteiger partial charge is 0.498 e. The molecule has 0 atom stereocenters. The van der Waals surface area contributed by atoms with Gasteiger partial charge >= 0.3 is 0 Å². The second-order valence-corrected chi connectivity index (χ2v) is 3.34. The van der Waals surface area contributed by atoms with E-state index in [0.29, 0.717) is 5.41 Å². The summed E-state index contributed by atoms with van der Waals surface area (Å²) in [6.45, 7) is 8.73. The first-order chi connectivity index (χ1) is 4.68. The minimum absolute atomic E-state index is 0.541. The minimum atomic E-state index is 0.541. The molecular formula is C9H16O. The smallest absolute Gasteiger partial charge is 0.0932 e. The highest BCUT2D eigenvalue weighted by atomic mass is 16.5. The van der Waals surface area contributed by atoms with Crippen LogP contribution in [-0.2, 0) is 4.74 Å². The summed E-state index contributed by atoms with van der Waals surface area (Å²) in [4.78, 5) is 0. The van der Waals surface area contributed by atoms with Gasteiger partial charge in [0.1, 0.15) is 0 Å². The molecule has 1 heteroatoms. The molecule has 58 valence electrons. The lowest BCUT2D eigenvalue weighted by atomic mass is 10.1. The first-order valence-corrected chi connectivity index (χ1v) is 3.97. The Bertz CT molecular complexity index is 134. The molecule has 0 spiro atoms. The average Bonchev–Trinajstić information content (AvgIpc) is 2.64. The molecule has 1 saturated carbocycles. The fourth-order valence-electron chi connectivity index (χ4n) is 1.05. The summed E-state index contributed by atoms with van der Waals surface area (Å²) < 4.78 is 5.37. The maximum Gasteiger partial charge on any atom is 0.0932 e. The zero-order chi connectivity index (χ0) is 7.61. The third-order valence-corrected chi connectivity index (χ3v) is 2.33. The molecule has 0 saturated heterocycles. The molecule has 0 radical (unpaired) electrons. The highest BCUT2D eigenvalue weighted by molar-refractivity contribution is 4.93. The molecule has 0 heterocycles. The van der Waals surface area contributed by atoms with Crippen molar-refractivity contribution >= 4 is 0 Å². The summed E-state index contributed by atoms with van der Waals surface area (Å²) in [7, 11) is 0. The topological polar surface area (TPSA) is 9.23 Å². The third kappa shape index (κ3) is 1.76. The van der Waals surface area contributed by atoms with Gasteiger partial charge < -0.3 is 4.74 Å². The second-order valence-electron chi connectivity index (χ2n) is 3.34. The lowest BCUT2D eigenvalue weighted by Crippen LogP contribution is -2.07. The molecule has 0 aromatic carbocycles. The van der Waals surface area contributed by atoms with Gasteiger partial charge in [0.25, 0.3) is 0 Å². The van der Waals surface area contributed by atoms with Gasteiger partial charge in [-0.05, 0) is 26.2 Å². The monoisotopic (exact) mass is 140 g/mol. The predicted octanol–water partition coefficient (Wildman–Crippen LogP) is 2.73. The maximum atomic E-state index is 5.37. The van der Waals surface area contributed by atoms with Gasteiger partial charge in [-0.25, -0.2) is 0 Å². The maximum absolute atomic E-state index is 5.37. The number of hydrogen-bond donors (Lipinski definition) is 0. The lowest BCUT2D eigenvalue weighted by molar-refractivity contribution is 0.153. The molecule has 1 aliphatic rings. The van der Waals surface area contributed by atoms with Crippen LogP contribution in [0.25, 0.3) is 0 Å². The van der Waals surface area contributed by atoms with Gasteiger partial charge in [0.15, 0.2) is 0 Å². The van der Waals surface area contributed by atoms with Crippen LogP contribution >= 0.6 is 0 Å². The Morgan fingerprint density at radius 3 is 2.50 bits per heavy atom. The van der Waals surface area contributed by atoms with Crippen LogP contribution in [-0.4, -0.2) is 6.61 Å². The van der Waals surface area contributed by atoms with E-state index in [0.717, 1.165) is 12.4 Å². The van der Waals surface area contributed by atoms with Crippen molar-refractivity contribution in [3.63, 3.8) is 0 Å². The van der Waals surface area contributed by atoms with E-state index in [1.54, 1.807) is 0 Å². The molecule has 1 aliphatic carbocycles. The van der Waals surface area contributed by atoms with E-state index in [1.807, 2.05) is 6.92 Å². The standard InChI is InChI=1S/C9H16O/c1-4-9(5-6-9)7-10-8(2)3/h2,4-7H2,1,3H3. The van der Waals surface area contributed by atoms with Crippen LogP contribution in [0.4, 0.5) is 0 Å². The van der Waals surface area contributed by atoms with E-state index < -0.39 is 0 Å². The molecule has 1 fully saturated rings. The highest BCUT2D eigenvalue weighted by Crippen LogP contribution is 2.48. The molecule has 0 amide bonds. The summed E-state index contributed by atoms with van der Waals surface area (Å²) >= 11 is 0. The van der Waals surface area contributed by atoms with Crippen molar-refractivity contribution in [3.05, 3.63) is 12.3 Å². The van der Waals surface area contributed by atoms with Crippen LogP contribution in [0.15, 0.2) is 12.3 Å². The summed E-state index contributed by atoms with van der Waals surface area (Å²) in [5, 5.41) is 0. The third-order valence-electron chi connectivity index (χ3n) is 2.33. The van der Waals surface area contributed by atoms with Crippen molar-refractivity contribution < 1.29 is 4.74 Å². The van der Waals surface area contributed by atoms with Crippen LogP contribution < -0.4 is 0 Å². The van der Waals surface area contributed by atoms with Gasteiger partial charge in [0, 0.05) is 5.41 Å². The van der Waals surface area contributed by atoms with Crippen molar-refractivity contribution in [2.24, 2.45) is 5.41 Å². The van der Waals surface area contributed by atoms with Crippen LogP contribution in [0.2, 0.25) is 0 Å². The Labute approximate surface area is 63.1 Å². The molecular weight excluding hydrogens is 124 g/mol. The van der Waals surface area contributed by atoms with Crippen molar-refractivity contribution in [3.8, 4) is 0 Å². The van der Waals surface area contributed by atoms with E-state index in [2.05, 4.69) is 13.5 Å². The summed E-state index contributed by atoms with van der Waals surface area (Å²) in [5.74, 6) is 0.847. The normalized spacial score (nSPS) is 20.2. The summed E-state index contributed by atoms with van der Waals surface area (Å²) in [5.41, 5.74) is 0.541. The van der Waals surface area contributed by atoms with E-state index >= 15 is 0 Å². The molecule has 0 bridgehead atoms. The highest BCUT2D eigenvalue weighted by Gasteiger charge is 2.41. The van der Waals surface area contributed by atoms with Crippen LogP contribution in [0.5, 0.6) is 0 Å². The van der Waals surface area contributed by atoms with E-state index in [9.17, 15) is 0 Å². The quantitative estimate of drug-likeness (QED) is 0.545. The van der Waals surface area contributed by atoms with Crippen molar-refractivity contribution in [1.29, 1.82) is 0 Å². The number of allylic oxidation sites excluding steroid dienone is 1. The van der Waals surface area contributed by atoms with E-state index in [1.165, 1.54) is 19.3 Å². The van der Waals surface area contributed by atoms with E-state index in [4.69, 9.17) is 4.74 Å². The first kappa shape index (κ1) is 7.64. The van der Waals surface area contributed by atoms with Gasteiger partial charge in [0.2, 0.25) is 0 Å². The number of ether oxygens (including phenoxy) is 1. The molecule has 1 rings (SSSR count). The average molecular weight is 140 g/mol. The molecule has 0 aliphatic heterocycles. The van der Waals surface area contributed by atoms with Crippen LogP contribution in [0.1, 0.15) is 33.1 Å². The Morgan fingerprint density at radius 1 is 1.60 bits per heavy atom. The predicted molar refractivity (Wildman–Crippen MR) is 42.7 cm³/mol. The molecule has 1 nitrogen and oxygen atoms in total. The van der Waals surface area contributed by atoms with Crippen LogP contribution in [0, 0.1) is 5.41 Å². The second kappa shape index (κ2) is 2.65. The lowest BCUT2D eigenvalue weighted by Gasteiger charge is -2.12. The van der Waals surface area contributed by atoms with E-state index in [-0.39, 0.29) is 0 Å². The fourth-order valence-corrected chi connectivity index (χ4v) is 1.05. The Morgan fingerprint density at radius 2 is 2.20 bits per heavy atom. The minimum Gasteiger partial charge on any atom is -0.498 e.